The fourth-order valence-electron chi connectivity index (χ4n) is 3.17. The summed E-state index contributed by atoms with van der Waals surface area (Å²) in [5.41, 5.74) is 0.395. The first-order valence-corrected chi connectivity index (χ1v) is 10.3. The number of likely N-dealkylation sites (tertiary alicyclic amines) is 1. The van der Waals surface area contributed by atoms with Gasteiger partial charge in [0.15, 0.2) is 0 Å². The first-order chi connectivity index (χ1) is 13.7. The first kappa shape index (κ1) is 20.9. The van der Waals surface area contributed by atoms with E-state index in [-0.39, 0.29) is 29.7 Å². The molecule has 1 aliphatic rings. The SMILES string of the molecule is CCc1nnc(NC(=O)c2ccccc2NC(=O)C2CC(=O)N(C(C)(C)C)C2)s1. The van der Waals surface area contributed by atoms with Gasteiger partial charge in [0.1, 0.15) is 5.01 Å². The Morgan fingerprint density at radius 3 is 2.55 bits per heavy atom. The van der Waals surface area contributed by atoms with Gasteiger partial charge in [0.2, 0.25) is 16.9 Å². The molecule has 2 aromatic rings. The molecule has 1 saturated heterocycles. The summed E-state index contributed by atoms with van der Waals surface area (Å²) in [4.78, 5) is 39.4. The lowest BCUT2D eigenvalue weighted by Gasteiger charge is -2.31. The van der Waals surface area contributed by atoms with E-state index in [1.807, 2.05) is 27.7 Å². The Balaban J connectivity index is 1.71. The van der Waals surface area contributed by atoms with Crippen molar-refractivity contribution in [1.82, 2.24) is 15.1 Å². The predicted molar refractivity (Wildman–Crippen MR) is 112 cm³/mol. The maximum atomic E-state index is 12.8. The van der Waals surface area contributed by atoms with E-state index in [2.05, 4.69) is 20.8 Å². The number of aromatic nitrogens is 2. The van der Waals surface area contributed by atoms with Gasteiger partial charge in [0, 0.05) is 18.5 Å². The van der Waals surface area contributed by atoms with Crippen molar-refractivity contribution in [2.75, 3.05) is 17.2 Å². The topological polar surface area (TPSA) is 104 Å². The zero-order valence-corrected chi connectivity index (χ0v) is 17.8. The number of carbonyl (C=O) groups is 3. The predicted octanol–water partition coefficient (Wildman–Crippen LogP) is 2.94. The Kier molecular flexibility index (Phi) is 5.97. The summed E-state index contributed by atoms with van der Waals surface area (Å²) < 4.78 is 0. The van der Waals surface area contributed by atoms with Crippen LogP contribution in [0, 0.1) is 5.92 Å². The third-order valence-electron chi connectivity index (χ3n) is 4.72. The van der Waals surface area contributed by atoms with Crippen molar-refractivity contribution in [1.29, 1.82) is 0 Å². The van der Waals surface area contributed by atoms with Crippen molar-refractivity contribution < 1.29 is 14.4 Å². The number of rotatable bonds is 5. The van der Waals surface area contributed by atoms with Crippen molar-refractivity contribution >= 4 is 39.9 Å². The second-order valence-electron chi connectivity index (χ2n) is 7.92. The summed E-state index contributed by atoms with van der Waals surface area (Å²) in [6.45, 7) is 8.17. The molecule has 0 saturated carbocycles. The Labute approximate surface area is 173 Å². The van der Waals surface area contributed by atoms with E-state index in [1.54, 1.807) is 29.2 Å². The van der Waals surface area contributed by atoms with Crippen LogP contribution in [0.3, 0.4) is 0 Å². The van der Waals surface area contributed by atoms with Crippen LogP contribution in [-0.4, -0.2) is 44.9 Å². The number of carbonyl (C=O) groups excluding carboxylic acids is 3. The number of benzene rings is 1. The molecule has 1 aliphatic heterocycles. The maximum Gasteiger partial charge on any atom is 0.259 e. The molecular weight excluding hydrogens is 390 g/mol. The average Bonchev–Trinajstić information content (AvgIpc) is 3.28. The molecule has 0 spiro atoms. The zero-order valence-electron chi connectivity index (χ0n) is 17.0. The maximum absolute atomic E-state index is 12.8. The van der Waals surface area contributed by atoms with Gasteiger partial charge in [-0.1, -0.05) is 30.4 Å². The largest absolute Gasteiger partial charge is 0.337 e. The Hall–Kier alpha value is -2.81. The van der Waals surface area contributed by atoms with E-state index in [1.165, 1.54) is 11.3 Å². The molecule has 1 atom stereocenters. The number of hydrogen-bond donors (Lipinski definition) is 2. The van der Waals surface area contributed by atoms with Crippen LogP contribution >= 0.6 is 11.3 Å². The van der Waals surface area contributed by atoms with E-state index in [4.69, 9.17) is 0 Å². The number of nitrogens with one attached hydrogen (secondary N) is 2. The van der Waals surface area contributed by atoms with Crippen LogP contribution in [0.15, 0.2) is 24.3 Å². The third-order valence-corrected chi connectivity index (χ3v) is 5.71. The van der Waals surface area contributed by atoms with Crippen LogP contribution in [0.4, 0.5) is 10.8 Å². The minimum absolute atomic E-state index is 0.0355. The molecule has 2 N–H and O–H groups in total. The molecule has 3 amide bonds. The Morgan fingerprint density at radius 1 is 1.21 bits per heavy atom. The summed E-state index contributed by atoms with van der Waals surface area (Å²) in [5, 5.41) is 14.7. The van der Waals surface area contributed by atoms with Crippen LogP contribution < -0.4 is 10.6 Å². The number of anilines is 2. The highest BCUT2D eigenvalue weighted by molar-refractivity contribution is 7.15. The average molecular weight is 416 g/mol. The fourth-order valence-corrected chi connectivity index (χ4v) is 3.84. The molecule has 3 rings (SSSR count). The Morgan fingerprint density at radius 2 is 1.93 bits per heavy atom. The van der Waals surface area contributed by atoms with Gasteiger partial charge in [-0.15, -0.1) is 10.2 Å². The second-order valence-corrected chi connectivity index (χ2v) is 8.98. The third kappa shape index (κ3) is 4.79. The minimum atomic E-state index is -0.451. The van der Waals surface area contributed by atoms with Crippen LogP contribution in [0.25, 0.3) is 0 Å². The highest BCUT2D eigenvalue weighted by Crippen LogP contribution is 2.27. The lowest BCUT2D eigenvalue weighted by molar-refractivity contribution is -0.131. The van der Waals surface area contributed by atoms with E-state index in [9.17, 15) is 14.4 Å². The van der Waals surface area contributed by atoms with Gasteiger partial charge in [0.05, 0.1) is 17.2 Å². The van der Waals surface area contributed by atoms with Crippen LogP contribution in [0.5, 0.6) is 0 Å². The molecule has 2 heterocycles. The van der Waals surface area contributed by atoms with Crippen molar-refractivity contribution in [3.63, 3.8) is 0 Å². The molecule has 9 heteroatoms. The van der Waals surface area contributed by atoms with Crippen LogP contribution in [-0.2, 0) is 16.0 Å². The molecule has 8 nitrogen and oxygen atoms in total. The lowest BCUT2D eigenvalue weighted by atomic mass is 10.1. The van der Waals surface area contributed by atoms with Gasteiger partial charge >= 0.3 is 0 Å². The minimum Gasteiger partial charge on any atom is -0.337 e. The summed E-state index contributed by atoms with van der Waals surface area (Å²) in [5.74, 6) is -1.13. The van der Waals surface area contributed by atoms with E-state index in [0.29, 0.717) is 22.9 Å². The lowest BCUT2D eigenvalue weighted by Crippen LogP contribution is -2.42. The quantitative estimate of drug-likeness (QED) is 0.781. The van der Waals surface area contributed by atoms with Crippen LogP contribution in [0.1, 0.15) is 49.5 Å². The van der Waals surface area contributed by atoms with Crippen molar-refractivity contribution in [3.8, 4) is 0 Å². The monoisotopic (exact) mass is 415 g/mol. The van der Waals surface area contributed by atoms with Crippen molar-refractivity contribution in [2.24, 2.45) is 5.92 Å². The second kappa shape index (κ2) is 8.28. The summed E-state index contributed by atoms with van der Waals surface area (Å²) in [6, 6.07) is 6.77. The number of hydrogen-bond acceptors (Lipinski definition) is 6. The normalized spacial score (nSPS) is 16.8. The summed E-state index contributed by atoms with van der Waals surface area (Å²) in [7, 11) is 0. The van der Waals surface area contributed by atoms with Gasteiger partial charge in [-0.05, 0) is 39.3 Å². The number of amides is 3. The molecule has 1 aromatic heterocycles. The van der Waals surface area contributed by atoms with Crippen molar-refractivity contribution in [2.45, 2.75) is 46.1 Å². The molecule has 29 heavy (non-hydrogen) atoms. The van der Waals surface area contributed by atoms with Crippen LogP contribution in [0.2, 0.25) is 0 Å². The highest BCUT2D eigenvalue weighted by Gasteiger charge is 2.39. The molecule has 0 bridgehead atoms. The highest BCUT2D eigenvalue weighted by atomic mass is 32.1. The van der Waals surface area contributed by atoms with Gasteiger partial charge < -0.3 is 10.2 Å². The molecule has 154 valence electrons. The van der Waals surface area contributed by atoms with Gasteiger partial charge in [-0.25, -0.2) is 0 Å². The number of nitrogens with zero attached hydrogens (tertiary/aromatic N) is 3. The standard InChI is InChI=1S/C20H25N5O3S/c1-5-15-23-24-19(29-15)22-18(28)13-8-6-7-9-14(13)21-17(27)12-10-16(26)25(11-12)20(2,3)4/h6-9,12H,5,10-11H2,1-4H3,(H,21,27)(H,22,24,28). The molecule has 0 radical (unpaired) electrons. The van der Waals surface area contributed by atoms with Gasteiger partial charge in [-0.2, -0.15) is 0 Å². The number of para-hydroxylation sites is 1. The summed E-state index contributed by atoms with van der Waals surface area (Å²) in [6.07, 6.45) is 0.911. The molecule has 1 fully saturated rings. The fraction of sp³-hybridized carbons (Fsp3) is 0.450. The Bertz CT molecular complexity index is 934. The van der Waals surface area contributed by atoms with E-state index >= 15 is 0 Å². The smallest absolute Gasteiger partial charge is 0.259 e. The number of aryl methyl sites for hydroxylation is 1. The van der Waals surface area contributed by atoms with E-state index < -0.39 is 5.92 Å². The molecule has 0 aliphatic carbocycles. The molecular formula is C20H25N5O3S. The first-order valence-electron chi connectivity index (χ1n) is 9.53. The molecule has 1 unspecified atom stereocenters. The van der Waals surface area contributed by atoms with E-state index in [0.717, 1.165) is 11.4 Å². The summed E-state index contributed by atoms with van der Waals surface area (Å²) >= 11 is 1.31. The zero-order chi connectivity index (χ0) is 21.2. The van der Waals surface area contributed by atoms with Gasteiger partial charge in [0.25, 0.3) is 5.91 Å². The molecule has 1 aromatic carbocycles. The van der Waals surface area contributed by atoms with Crippen molar-refractivity contribution in [3.05, 3.63) is 34.8 Å². The van der Waals surface area contributed by atoms with Gasteiger partial charge in [-0.3, -0.25) is 19.7 Å².